The topological polar surface area (TPSA) is 64.8 Å². The molecular weight excluding hydrogens is 318 g/mol. The molecule has 0 radical (unpaired) electrons. The van der Waals surface area contributed by atoms with Crippen LogP contribution in [0.4, 0.5) is 10.9 Å². The SMILES string of the molecule is Cc1csc(NC2CCN(c3ncc(C#N)cc3Cl)CC2)n1. The summed E-state index contributed by atoms with van der Waals surface area (Å²) >= 11 is 7.88. The van der Waals surface area contributed by atoms with Crippen LogP contribution in [0.1, 0.15) is 24.1 Å². The summed E-state index contributed by atoms with van der Waals surface area (Å²) in [5.74, 6) is 0.768. The molecule has 22 heavy (non-hydrogen) atoms. The fraction of sp³-hybridized carbons (Fsp3) is 0.400. The molecule has 2 aromatic heterocycles. The molecule has 0 spiro atoms. The van der Waals surface area contributed by atoms with E-state index >= 15 is 0 Å². The molecule has 1 aliphatic heterocycles. The summed E-state index contributed by atoms with van der Waals surface area (Å²) in [5, 5.41) is 15.9. The number of hydrogen-bond acceptors (Lipinski definition) is 6. The highest BCUT2D eigenvalue weighted by molar-refractivity contribution is 7.13. The summed E-state index contributed by atoms with van der Waals surface area (Å²) < 4.78 is 0. The van der Waals surface area contributed by atoms with Crippen LogP contribution >= 0.6 is 22.9 Å². The van der Waals surface area contributed by atoms with Gasteiger partial charge in [-0.05, 0) is 25.8 Å². The Balaban J connectivity index is 1.61. The summed E-state index contributed by atoms with van der Waals surface area (Å²) in [4.78, 5) is 10.9. The number of hydrogen-bond donors (Lipinski definition) is 1. The van der Waals surface area contributed by atoms with Gasteiger partial charge in [-0.2, -0.15) is 5.26 Å². The number of rotatable bonds is 3. The van der Waals surface area contributed by atoms with E-state index in [1.54, 1.807) is 23.6 Å². The Morgan fingerprint density at radius 1 is 1.45 bits per heavy atom. The van der Waals surface area contributed by atoms with Crippen molar-refractivity contribution in [1.29, 1.82) is 5.26 Å². The van der Waals surface area contributed by atoms with E-state index in [0.29, 0.717) is 16.6 Å². The van der Waals surface area contributed by atoms with Gasteiger partial charge in [-0.3, -0.25) is 0 Å². The third-order valence-electron chi connectivity index (χ3n) is 3.69. The number of nitriles is 1. The molecule has 0 amide bonds. The van der Waals surface area contributed by atoms with Crippen LogP contribution in [0.5, 0.6) is 0 Å². The van der Waals surface area contributed by atoms with Crippen molar-refractivity contribution < 1.29 is 0 Å². The van der Waals surface area contributed by atoms with E-state index in [1.807, 2.05) is 6.92 Å². The molecular formula is C15H16ClN5S. The monoisotopic (exact) mass is 333 g/mol. The van der Waals surface area contributed by atoms with Crippen molar-refractivity contribution in [3.8, 4) is 6.07 Å². The molecule has 0 saturated carbocycles. The van der Waals surface area contributed by atoms with Crippen LogP contribution < -0.4 is 10.2 Å². The van der Waals surface area contributed by atoms with Gasteiger partial charge < -0.3 is 10.2 Å². The zero-order valence-corrected chi connectivity index (χ0v) is 13.8. The fourth-order valence-electron chi connectivity index (χ4n) is 2.56. The van der Waals surface area contributed by atoms with Gasteiger partial charge in [0, 0.05) is 30.7 Å². The Labute approximate surface area is 138 Å². The maximum Gasteiger partial charge on any atom is 0.183 e. The van der Waals surface area contributed by atoms with Gasteiger partial charge in [-0.25, -0.2) is 9.97 Å². The summed E-state index contributed by atoms with van der Waals surface area (Å²) in [7, 11) is 0. The maximum atomic E-state index is 8.86. The first-order chi connectivity index (χ1) is 10.7. The average molecular weight is 334 g/mol. The molecule has 0 aromatic carbocycles. The minimum Gasteiger partial charge on any atom is -0.359 e. The molecule has 1 saturated heterocycles. The Kier molecular flexibility index (Phi) is 4.46. The Bertz CT molecular complexity index is 700. The van der Waals surface area contributed by atoms with E-state index < -0.39 is 0 Å². The third-order valence-corrected chi connectivity index (χ3v) is 4.86. The molecule has 1 N–H and O–H groups in total. The molecule has 5 nitrogen and oxygen atoms in total. The third kappa shape index (κ3) is 3.32. The number of thiazole rings is 1. The van der Waals surface area contributed by atoms with E-state index in [9.17, 15) is 0 Å². The molecule has 7 heteroatoms. The quantitative estimate of drug-likeness (QED) is 0.932. The van der Waals surface area contributed by atoms with Crippen LogP contribution in [0.25, 0.3) is 0 Å². The van der Waals surface area contributed by atoms with Crippen LogP contribution in [0.3, 0.4) is 0 Å². The molecule has 3 rings (SSSR count). The molecule has 1 fully saturated rings. The van der Waals surface area contributed by atoms with Crippen molar-refractivity contribution in [1.82, 2.24) is 9.97 Å². The highest BCUT2D eigenvalue weighted by atomic mass is 35.5. The zero-order chi connectivity index (χ0) is 15.5. The number of pyridine rings is 1. The Morgan fingerprint density at radius 2 is 2.23 bits per heavy atom. The normalized spacial score (nSPS) is 15.6. The first-order valence-electron chi connectivity index (χ1n) is 7.15. The van der Waals surface area contributed by atoms with Crippen molar-refractivity contribution in [3.63, 3.8) is 0 Å². The van der Waals surface area contributed by atoms with Crippen LogP contribution in [0.2, 0.25) is 5.02 Å². The number of piperidine rings is 1. The number of anilines is 2. The first kappa shape index (κ1) is 15.1. The van der Waals surface area contributed by atoms with Gasteiger partial charge in [-0.1, -0.05) is 11.6 Å². The van der Waals surface area contributed by atoms with Crippen LogP contribution in [0, 0.1) is 18.3 Å². The molecule has 0 aliphatic carbocycles. The van der Waals surface area contributed by atoms with E-state index in [4.69, 9.17) is 16.9 Å². The van der Waals surface area contributed by atoms with Crippen molar-refractivity contribution >= 4 is 33.9 Å². The molecule has 0 unspecified atom stereocenters. The Hall–Kier alpha value is -1.84. The number of aryl methyl sites for hydroxylation is 1. The number of nitrogens with one attached hydrogen (secondary N) is 1. The lowest BCUT2D eigenvalue weighted by Crippen LogP contribution is -2.39. The average Bonchev–Trinajstić information content (AvgIpc) is 2.93. The molecule has 1 aliphatic rings. The van der Waals surface area contributed by atoms with Crippen molar-refractivity contribution in [2.75, 3.05) is 23.3 Å². The smallest absolute Gasteiger partial charge is 0.183 e. The standard InChI is InChI=1S/C15H16ClN5S/c1-10-9-22-15(19-10)20-12-2-4-21(5-3-12)14-13(16)6-11(7-17)8-18-14/h6,8-9,12H,2-5H2,1H3,(H,19,20). The van der Waals surface area contributed by atoms with Gasteiger partial charge in [0.05, 0.1) is 16.3 Å². The van der Waals surface area contributed by atoms with E-state index in [-0.39, 0.29) is 0 Å². The maximum absolute atomic E-state index is 8.86. The van der Waals surface area contributed by atoms with Gasteiger partial charge >= 0.3 is 0 Å². The van der Waals surface area contributed by atoms with E-state index in [2.05, 4.69) is 31.6 Å². The van der Waals surface area contributed by atoms with Gasteiger partial charge in [0.15, 0.2) is 5.13 Å². The minimum atomic E-state index is 0.430. The Morgan fingerprint density at radius 3 is 2.82 bits per heavy atom. The lowest BCUT2D eigenvalue weighted by molar-refractivity contribution is 0.523. The fourth-order valence-corrected chi connectivity index (χ4v) is 3.61. The van der Waals surface area contributed by atoms with Gasteiger partial charge in [0.1, 0.15) is 11.9 Å². The summed E-state index contributed by atoms with van der Waals surface area (Å²) in [6.07, 6.45) is 3.59. The van der Waals surface area contributed by atoms with Gasteiger partial charge in [0.25, 0.3) is 0 Å². The molecule has 2 aromatic rings. The van der Waals surface area contributed by atoms with Gasteiger partial charge in [-0.15, -0.1) is 11.3 Å². The summed E-state index contributed by atoms with van der Waals surface area (Å²) in [5.41, 5.74) is 1.54. The number of halogens is 1. The van der Waals surface area contributed by atoms with E-state index in [1.165, 1.54) is 0 Å². The predicted molar refractivity (Wildman–Crippen MR) is 89.7 cm³/mol. The first-order valence-corrected chi connectivity index (χ1v) is 8.40. The van der Waals surface area contributed by atoms with Crippen molar-refractivity contribution in [3.05, 3.63) is 33.9 Å². The lowest BCUT2D eigenvalue weighted by Gasteiger charge is -2.33. The molecule has 0 atom stereocenters. The summed E-state index contributed by atoms with van der Waals surface area (Å²) in [6, 6.07) is 4.16. The van der Waals surface area contributed by atoms with Gasteiger partial charge in [0.2, 0.25) is 0 Å². The molecule has 3 heterocycles. The van der Waals surface area contributed by atoms with Crippen LogP contribution in [0.15, 0.2) is 17.6 Å². The second kappa shape index (κ2) is 6.51. The van der Waals surface area contributed by atoms with E-state index in [0.717, 1.165) is 42.6 Å². The number of aromatic nitrogens is 2. The molecule has 0 bridgehead atoms. The summed E-state index contributed by atoms with van der Waals surface area (Å²) in [6.45, 7) is 3.78. The van der Waals surface area contributed by atoms with Crippen LogP contribution in [-0.4, -0.2) is 29.1 Å². The molecule has 114 valence electrons. The van der Waals surface area contributed by atoms with Crippen molar-refractivity contribution in [2.24, 2.45) is 0 Å². The van der Waals surface area contributed by atoms with Crippen molar-refractivity contribution in [2.45, 2.75) is 25.8 Å². The minimum absolute atomic E-state index is 0.430. The van der Waals surface area contributed by atoms with Crippen LogP contribution in [-0.2, 0) is 0 Å². The second-order valence-electron chi connectivity index (χ2n) is 5.34. The zero-order valence-electron chi connectivity index (χ0n) is 12.2. The predicted octanol–water partition coefficient (Wildman–Crippen LogP) is 3.45. The highest BCUT2D eigenvalue weighted by Crippen LogP contribution is 2.27. The largest absolute Gasteiger partial charge is 0.359 e. The highest BCUT2D eigenvalue weighted by Gasteiger charge is 2.22. The lowest BCUT2D eigenvalue weighted by atomic mass is 10.1. The second-order valence-corrected chi connectivity index (χ2v) is 6.61. The number of nitrogens with zero attached hydrogens (tertiary/aromatic N) is 4.